The summed E-state index contributed by atoms with van der Waals surface area (Å²) in [6.07, 6.45) is 1.24. The Morgan fingerprint density at radius 3 is 2.88 bits per heavy atom. The molecule has 0 spiro atoms. The van der Waals surface area contributed by atoms with Crippen LogP contribution in [0.25, 0.3) is 0 Å². The molecular weight excluding hydrogens is 302 g/mol. The molecule has 3 rings (SSSR count). The highest BCUT2D eigenvalue weighted by Crippen LogP contribution is 2.27. The Balaban J connectivity index is 1.70. The van der Waals surface area contributed by atoms with Gasteiger partial charge in [0.05, 0.1) is 11.6 Å². The minimum Gasteiger partial charge on any atom is -0.348 e. The third-order valence-electron chi connectivity index (χ3n) is 4.19. The van der Waals surface area contributed by atoms with Crippen LogP contribution in [0.2, 0.25) is 0 Å². The second-order valence-corrected chi connectivity index (χ2v) is 5.79. The number of nitrogens with one attached hydrogen (secondary N) is 1. The lowest BCUT2D eigenvalue weighted by Gasteiger charge is -2.26. The molecule has 0 aliphatic carbocycles. The molecule has 0 saturated carbocycles. The van der Waals surface area contributed by atoms with Gasteiger partial charge in [-0.3, -0.25) is 9.59 Å². The van der Waals surface area contributed by atoms with Crippen molar-refractivity contribution in [2.45, 2.75) is 19.4 Å². The van der Waals surface area contributed by atoms with Crippen LogP contribution in [0.1, 0.15) is 33.5 Å². The molecule has 0 bridgehead atoms. The topological polar surface area (TPSA) is 73.2 Å². The number of aryl methyl sites for hydroxylation is 1. The molecular formula is C19H17N3O2. The number of carbonyl (C=O) groups excluding carboxylic acids is 2. The molecule has 1 aliphatic rings. The molecule has 5 nitrogen and oxygen atoms in total. The number of nitrogens with zero attached hydrogens (tertiary/aromatic N) is 2. The highest BCUT2D eigenvalue weighted by atomic mass is 16.2. The minimum atomic E-state index is -0.211. The molecule has 120 valence electrons. The number of nitriles is 1. The van der Waals surface area contributed by atoms with E-state index in [0.29, 0.717) is 24.1 Å². The van der Waals surface area contributed by atoms with Gasteiger partial charge in [0.2, 0.25) is 5.91 Å². The first-order chi connectivity index (χ1) is 11.6. The summed E-state index contributed by atoms with van der Waals surface area (Å²) >= 11 is 0. The molecule has 0 unspecified atom stereocenters. The Labute approximate surface area is 140 Å². The zero-order valence-electron chi connectivity index (χ0n) is 13.4. The second kappa shape index (κ2) is 6.55. The quantitative estimate of drug-likeness (QED) is 0.944. The van der Waals surface area contributed by atoms with Gasteiger partial charge in [-0.1, -0.05) is 18.2 Å². The number of fused-ring (bicyclic) bond motifs is 1. The molecule has 2 aromatic rings. The normalized spacial score (nSPS) is 13.2. The van der Waals surface area contributed by atoms with Gasteiger partial charge in [0.15, 0.2) is 0 Å². The van der Waals surface area contributed by atoms with Crippen molar-refractivity contribution >= 4 is 17.5 Å². The molecule has 0 fully saturated rings. The lowest BCUT2D eigenvalue weighted by Crippen LogP contribution is -2.31. The van der Waals surface area contributed by atoms with Crippen molar-refractivity contribution in [1.29, 1.82) is 5.26 Å². The maximum Gasteiger partial charge on any atom is 0.251 e. The maximum atomic E-state index is 12.2. The van der Waals surface area contributed by atoms with E-state index in [1.54, 1.807) is 36.2 Å². The van der Waals surface area contributed by atoms with Crippen LogP contribution < -0.4 is 10.2 Å². The standard InChI is InChI=1S/C19H17N3O2/c1-22-17-7-5-14(10-15(17)6-8-18(22)23)12-21-19(24)16-4-2-3-13(9-16)11-20/h2-5,7,9-10H,6,8,12H2,1H3,(H,21,24). The summed E-state index contributed by atoms with van der Waals surface area (Å²) in [5.74, 6) is -0.0851. The third kappa shape index (κ3) is 3.13. The summed E-state index contributed by atoms with van der Waals surface area (Å²) in [6, 6.07) is 14.5. The van der Waals surface area contributed by atoms with Crippen LogP contribution in [0.5, 0.6) is 0 Å². The van der Waals surface area contributed by atoms with Crippen LogP contribution in [0, 0.1) is 11.3 Å². The van der Waals surface area contributed by atoms with Gasteiger partial charge in [0.1, 0.15) is 0 Å². The molecule has 0 atom stereocenters. The van der Waals surface area contributed by atoms with Crippen LogP contribution in [-0.4, -0.2) is 18.9 Å². The SMILES string of the molecule is CN1C(=O)CCc2cc(CNC(=O)c3cccc(C#N)c3)ccc21. The highest BCUT2D eigenvalue weighted by molar-refractivity contribution is 5.96. The van der Waals surface area contributed by atoms with E-state index in [2.05, 4.69) is 5.32 Å². The van der Waals surface area contributed by atoms with E-state index in [1.807, 2.05) is 24.3 Å². The molecule has 1 aliphatic heterocycles. The lowest BCUT2D eigenvalue weighted by molar-refractivity contribution is -0.118. The molecule has 0 saturated heterocycles. The first kappa shape index (κ1) is 15.8. The van der Waals surface area contributed by atoms with Crippen molar-refractivity contribution in [2.75, 3.05) is 11.9 Å². The molecule has 5 heteroatoms. The summed E-state index contributed by atoms with van der Waals surface area (Å²) < 4.78 is 0. The van der Waals surface area contributed by atoms with Crippen molar-refractivity contribution in [3.63, 3.8) is 0 Å². The molecule has 2 amide bonds. The molecule has 1 N–H and O–H groups in total. The fourth-order valence-electron chi connectivity index (χ4n) is 2.83. The Kier molecular flexibility index (Phi) is 4.30. The first-order valence-electron chi connectivity index (χ1n) is 7.75. The fourth-order valence-corrected chi connectivity index (χ4v) is 2.83. The number of hydrogen-bond donors (Lipinski definition) is 1. The Morgan fingerprint density at radius 1 is 1.25 bits per heavy atom. The van der Waals surface area contributed by atoms with Gasteiger partial charge in [-0.25, -0.2) is 0 Å². The molecule has 1 heterocycles. The Hall–Kier alpha value is -3.13. The predicted octanol–water partition coefficient (Wildman–Crippen LogP) is 2.40. The monoisotopic (exact) mass is 319 g/mol. The molecule has 2 aromatic carbocycles. The largest absolute Gasteiger partial charge is 0.348 e. The van der Waals surface area contributed by atoms with Gasteiger partial charge >= 0.3 is 0 Å². The zero-order chi connectivity index (χ0) is 17.1. The molecule has 24 heavy (non-hydrogen) atoms. The smallest absolute Gasteiger partial charge is 0.251 e. The van der Waals surface area contributed by atoms with E-state index in [0.717, 1.165) is 23.2 Å². The van der Waals surface area contributed by atoms with Crippen molar-refractivity contribution in [3.8, 4) is 6.07 Å². The molecule has 0 aromatic heterocycles. The third-order valence-corrected chi connectivity index (χ3v) is 4.19. The average molecular weight is 319 g/mol. The van der Waals surface area contributed by atoms with Crippen LogP contribution in [0.15, 0.2) is 42.5 Å². The van der Waals surface area contributed by atoms with Gasteiger partial charge in [-0.05, 0) is 41.8 Å². The number of carbonyl (C=O) groups is 2. The van der Waals surface area contributed by atoms with Crippen molar-refractivity contribution in [3.05, 3.63) is 64.7 Å². The van der Waals surface area contributed by atoms with E-state index in [1.165, 1.54) is 0 Å². The van der Waals surface area contributed by atoms with Crippen LogP contribution in [0.4, 0.5) is 5.69 Å². The van der Waals surface area contributed by atoms with Gasteiger partial charge in [0.25, 0.3) is 5.91 Å². The van der Waals surface area contributed by atoms with Gasteiger partial charge in [0, 0.05) is 31.3 Å². The summed E-state index contributed by atoms with van der Waals surface area (Å²) in [7, 11) is 1.78. The Morgan fingerprint density at radius 2 is 2.08 bits per heavy atom. The number of rotatable bonds is 3. The second-order valence-electron chi connectivity index (χ2n) is 5.79. The van der Waals surface area contributed by atoms with E-state index >= 15 is 0 Å². The molecule has 0 radical (unpaired) electrons. The number of hydrogen-bond acceptors (Lipinski definition) is 3. The number of anilines is 1. The summed E-state index contributed by atoms with van der Waals surface area (Å²) in [5.41, 5.74) is 3.97. The van der Waals surface area contributed by atoms with Crippen LogP contribution in [-0.2, 0) is 17.8 Å². The number of amides is 2. The number of benzene rings is 2. The summed E-state index contributed by atoms with van der Waals surface area (Å²) in [5, 5.41) is 11.8. The van der Waals surface area contributed by atoms with Crippen molar-refractivity contribution in [2.24, 2.45) is 0 Å². The van der Waals surface area contributed by atoms with Crippen molar-refractivity contribution in [1.82, 2.24) is 5.32 Å². The van der Waals surface area contributed by atoms with E-state index in [-0.39, 0.29) is 11.8 Å². The minimum absolute atomic E-state index is 0.126. The first-order valence-corrected chi connectivity index (χ1v) is 7.75. The van der Waals surface area contributed by atoms with E-state index in [4.69, 9.17) is 5.26 Å². The van der Waals surface area contributed by atoms with Gasteiger partial charge in [-0.15, -0.1) is 0 Å². The summed E-state index contributed by atoms with van der Waals surface area (Å²) in [4.78, 5) is 25.6. The van der Waals surface area contributed by atoms with Crippen LogP contribution in [0.3, 0.4) is 0 Å². The zero-order valence-corrected chi connectivity index (χ0v) is 13.4. The average Bonchev–Trinajstić information content (AvgIpc) is 2.62. The van der Waals surface area contributed by atoms with E-state index < -0.39 is 0 Å². The summed E-state index contributed by atoms with van der Waals surface area (Å²) in [6.45, 7) is 0.403. The fraction of sp³-hybridized carbons (Fsp3) is 0.211. The Bertz CT molecular complexity index is 852. The highest BCUT2D eigenvalue weighted by Gasteiger charge is 2.20. The van der Waals surface area contributed by atoms with Gasteiger partial charge in [-0.2, -0.15) is 5.26 Å². The lowest BCUT2D eigenvalue weighted by atomic mass is 9.99. The maximum absolute atomic E-state index is 12.2. The van der Waals surface area contributed by atoms with E-state index in [9.17, 15) is 9.59 Å². The van der Waals surface area contributed by atoms with Crippen LogP contribution >= 0.6 is 0 Å². The van der Waals surface area contributed by atoms with Crippen molar-refractivity contribution < 1.29 is 9.59 Å². The van der Waals surface area contributed by atoms with Gasteiger partial charge < -0.3 is 10.2 Å². The predicted molar refractivity (Wildman–Crippen MR) is 90.5 cm³/mol.